The molecule has 12 rings (SSSR count). The zero-order valence-electron chi connectivity index (χ0n) is 47.8. The van der Waals surface area contributed by atoms with Crippen molar-refractivity contribution in [3.63, 3.8) is 0 Å². The van der Waals surface area contributed by atoms with Crippen LogP contribution in [-0.4, -0.2) is 151 Å². The van der Waals surface area contributed by atoms with Crippen molar-refractivity contribution in [1.29, 1.82) is 0 Å². The van der Waals surface area contributed by atoms with Gasteiger partial charge in [0, 0.05) is 115 Å². The number of methoxy groups -OCH3 is 1. The Bertz CT molecular complexity index is 2890. The predicted molar refractivity (Wildman–Crippen MR) is 282 cm³/mol. The van der Waals surface area contributed by atoms with Crippen LogP contribution in [0.1, 0.15) is 127 Å². The minimum Gasteiger partial charge on any atom is -0.464 e. The van der Waals surface area contributed by atoms with Crippen LogP contribution in [0.25, 0.3) is 33.4 Å². The van der Waals surface area contributed by atoms with Gasteiger partial charge in [-0.05, 0) is 102 Å². The van der Waals surface area contributed by atoms with E-state index >= 15 is 4.79 Å². The Labute approximate surface area is 444 Å². The highest BCUT2D eigenvalue weighted by atomic mass is 32.1. The number of carbonyl (C=O) groups is 3. The van der Waals surface area contributed by atoms with E-state index in [0.29, 0.717) is 62.4 Å². The lowest BCUT2D eigenvalue weighted by Crippen LogP contribution is -2.64. The molecule has 9 heterocycles. The number of anilines is 1. The Hall–Kier alpha value is -4.53. The molecule has 2 saturated carbocycles. The van der Waals surface area contributed by atoms with Crippen molar-refractivity contribution in [2.75, 3.05) is 77.8 Å². The van der Waals surface area contributed by atoms with Gasteiger partial charge in [0.05, 0.1) is 61.8 Å². The number of pyridine rings is 1. The number of benzene rings is 1. The smallest absolute Gasteiger partial charge is 0.324 e. The Morgan fingerprint density at radius 2 is 1.85 bits per heavy atom. The van der Waals surface area contributed by atoms with E-state index in [4.69, 9.17) is 43.9 Å². The molecule has 7 fully saturated rings. The number of esters is 1. The third-order valence-electron chi connectivity index (χ3n) is 16.5. The highest BCUT2D eigenvalue weighted by molar-refractivity contribution is 7.10. The number of nitrogens with one attached hydrogen (secondary N) is 2. The number of fused-ring (bicyclic) bond motifs is 7. The van der Waals surface area contributed by atoms with Crippen molar-refractivity contribution in [3.05, 3.63) is 52.1 Å². The van der Waals surface area contributed by atoms with Crippen LogP contribution in [0.5, 0.6) is 0 Å². The number of hydrazine groups is 1. The standard InChI is InChI=1S/C56H76N8O9S/c1-8-70-49-47(59-53(67)56-31-55(6,32-56)35(3)73-56)51(65)64-17-9-10-43(60-64)52(66)72-33-54(4,5)28-42-40-26-36(44-30-74-50(49)58-44)11-14-45(40)63(22-25-71-39-15-23-69-24-16-39)48(42)41-27-38(29-57-46(41)34(2)68-7)62-20-18-61(19-21-62)37-12-13-37/h11,14,26-27,29-30,34-35,37,39,43,47,49,60H,8-10,12-13,15-25,28,31-33H2,1-7H3,(H,59,67)/t34-,35-,43-,47-,49-,55?,56?/m0/s1/i3D3,35D. The van der Waals surface area contributed by atoms with Gasteiger partial charge in [-0.15, -0.1) is 11.3 Å². The number of aromatic nitrogens is 3. The molecular formula is C56H76N8O9S. The molecular weight excluding hydrogens is 961 g/mol. The summed E-state index contributed by atoms with van der Waals surface area (Å²) in [7, 11) is 1.71. The molecule has 400 valence electrons. The number of ether oxygens (including phenoxy) is 6. The van der Waals surface area contributed by atoms with E-state index in [0.717, 1.165) is 83.7 Å². The summed E-state index contributed by atoms with van der Waals surface area (Å²) in [4.78, 5) is 59.5. The molecule has 2 amide bonds. The Morgan fingerprint density at radius 1 is 1.05 bits per heavy atom. The third-order valence-corrected chi connectivity index (χ3v) is 17.4. The fourth-order valence-electron chi connectivity index (χ4n) is 12.2. The van der Waals surface area contributed by atoms with Gasteiger partial charge in [-0.25, -0.2) is 10.4 Å². The molecule has 8 bridgehead atoms. The summed E-state index contributed by atoms with van der Waals surface area (Å²) in [5.74, 6) is -1.81. The molecule has 74 heavy (non-hydrogen) atoms. The minimum absolute atomic E-state index is 0.00917. The highest BCUT2D eigenvalue weighted by Gasteiger charge is 2.68. The quantitative estimate of drug-likeness (QED) is 0.129. The molecule has 2 N–H and O–H groups in total. The Morgan fingerprint density at radius 3 is 2.58 bits per heavy atom. The van der Waals surface area contributed by atoms with Gasteiger partial charge in [-0.3, -0.25) is 29.3 Å². The van der Waals surface area contributed by atoms with Gasteiger partial charge in [-0.2, -0.15) is 0 Å². The van der Waals surface area contributed by atoms with E-state index in [1.807, 2.05) is 18.5 Å². The maximum atomic E-state index is 15.1. The maximum Gasteiger partial charge on any atom is 0.324 e. The number of hydrogen-bond acceptors (Lipinski definition) is 15. The van der Waals surface area contributed by atoms with Crippen LogP contribution in [-0.2, 0) is 55.8 Å². The lowest BCUT2D eigenvalue weighted by molar-refractivity contribution is -0.159. The predicted octanol–water partition coefficient (Wildman–Crippen LogP) is 7.16. The molecule has 0 unspecified atom stereocenters. The summed E-state index contributed by atoms with van der Waals surface area (Å²) in [5, 5.41) is 7.62. The van der Waals surface area contributed by atoms with Crippen LogP contribution in [0.4, 0.5) is 5.69 Å². The molecule has 4 aromatic rings. The van der Waals surface area contributed by atoms with Crippen LogP contribution in [0.3, 0.4) is 0 Å². The molecule has 8 aliphatic rings. The van der Waals surface area contributed by atoms with Gasteiger partial charge >= 0.3 is 5.97 Å². The molecule has 1 aromatic carbocycles. The van der Waals surface area contributed by atoms with E-state index < -0.39 is 65.3 Å². The zero-order chi connectivity index (χ0) is 54.9. The SMILES string of the molecule is [2H]C([2H])([2H])[C@]1([2H])OC2(C(=O)N[C@@H]3C(=O)N4CCC[C@H](N4)C(=O)OCC(C)(C)Cc4c(-c5cc(N6CCN(C7CC7)CC6)cnc5[C@H](C)OC)n(CCOC5CCOCC5)c5ccc(cc45)-c4csc(n4)[C@H]3OCC)CC1(C)C2. The monoisotopic (exact) mass is 1040 g/mol. The van der Waals surface area contributed by atoms with Crippen molar-refractivity contribution in [2.45, 2.75) is 154 Å². The van der Waals surface area contributed by atoms with Gasteiger partial charge in [-0.1, -0.05) is 26.8 Å². The number of rotatable bonds is 13. The van der Waals surface area contributed by atoms with Crippen LogP contribution >= 0.6 is 11.3 Å². The van der Waals surface area contributed by atoms with E-state index in [2.05, 4.69) is 63.2 Å². The van der Waals surface area contributed by atoms with Gasteiger partial charge in [0.15, 0.2) is 0 Å². The zero-order valence-corrected chi connectivity index (χ0v) is 44.7. The van der Waals surface area contributed by atoms with Gasteiger partial charge in [0.2, 0.25) is 0 Å². The van der Waals surface area contributed by atoms with Gasteiger partial charge in [0.1, 0.15) is 28.8 Å². The van der Waals surface area contributed by atoms with Crippen molar-refractivity contribution >= 4 is 45.7 Å². The van der Waals surface area contributed by atoms with Crippen molar-refractivity contribution in [1.82, 2.24) is 35.2 Å². The van der Waals surface area contributed by atoms with Crippen LogP contribution in [0.2, 0.25) is 0 Å². The second-order valence-corrected chi connectivity index (χ2v) is 23.5. The first-order valence-corrected chi connectivity index (χ1v) is 27.8. The highest BCUT2D eigenvalue weighted by Crippen LogP contribution is 2.61. The van der Waals surface area contributed by atoms with Crippen LogP contribution in [0.15, 0.2) is 35.8 Å². The normalized spacial score (nSPS) is 31.2. The summed E-state index contributed by atoms with van der Waals surface area (Å²) in [6, 6.07) is 7.07. The van der Waals surface area contributed by atoms with Crippen LogP contribution in [0, 0.1) is 10.8 Å². The molecule has 6 aliphatic heterocycles. The molecule has 0 spiro atoms. The molecule has 2 aliphatic carbocycles. The Balaban J connectivity index is 1.03. The van der Waals surface area contributed by atoms with Gasteiger partial charge < -0.3 is 43.2 Å². The summed E-state index contributed by atoms with van der Waals surface area (Å²) in [6.07, 6.45) is 3.85. The molecule has 5 saturated heterocycles. The van der Waals surface area contributed by atoms with E-state index in [1.54, 1.807) is 21.0 Å². The topological polar surface area (TPSA) is 171 Å². The van der Waals surface area contributed by atoms with Crippen LogP contribution < -0.4 is 15.6 Å². The van der Waals surface area contributed by atoms with E-state index in [1.165, 1.54) is 29.2 Å². The van der Waals surface area contributed by atoms with E-state index in [9.17, 15) is 9.59 Å². The number of nitrogens with zero attached hydrogens (tertiary/aromatic N) is 6. The first-order valence-electron chi connectivity index (χ1n) is 28.9. The first kappa shape index (κ1) is 46.7. The summed E-state index contributed by atoms with van der Waals surface area (Å²) < 4.78 is 73.0. The molecule has 18 heteroatoms. The summed E-state index contributed by atoms with van der Waals surface area (Å²) >= 11 is 1.30. The molecule has 5 atom stereocenters. The molecule has 17 nitrogen and oxygen atoms in total. The number of cyclic esters (lactones) is 1. The fraction of sp³-hybridized carbons (Fsp3) is 0.661. The number of thiazole rings is 1. The first-order chi connectivity index (χ1) is 37.2. The summed E-state index contributed by atoms with van der Waals surface area (Å²) in [5.41, 5.74) is 7.06. The lowest BCUT2D eigenvalue weighted by atomic mass is 9.61. The van der Waals surface area contributed by atoms with Crippen molar-refractivity contribution in [2.24, 2.45) is 10.8 Å². The molecule has 3 aromatic heterocycles. The van der Waals surface area contributed by atoms with Crippen molar-refractivity contribution in [3.8, 4) is 22.5 Å². The van der Waals surface area contributed by atoms with Gasteiger partial charge in [0.25, 0.3) is 11.8 Å². The Kier molecular flexibility index (Phi) is 13.1. The third kappa shape index (κ3) is 10.0. The van der Waals surface area contributed by atoms with Crippen molar-refractivity contribution < 1.29 is 48.3 Å². The number of carbonyl (C=O) groups excluding carboxylic acids is 3. The number of amides is 2. The number of piperazine rings is 1. The average Bonchev–Trinajstić information content (AvgIpc) is 2.81. The summed E-state index contributed by atoms with van der Waals surface area (Å²) in [6.45, 7) is 13.4. The maximum absolute atomic E-state index is 15.1. The lowest BCUT2D eigenvalue weighted by Gasteiger charge is -2.43. The second-order valence-electron chi connectivity index (χ2n) is 22.7. The second kappa shape index (κ2) is 20.8. The number of hydrogen-bond donors (Lipinski definition) is 2. The fourth-order valence-corrected chi connectivity index (χ4v) is 13.1. The van der Waals surface area contributed by atoms with E-state index in [-0.39, 0.29) is 44.8 Å². The molecule has 0 radical (unpaired) electrons. The largest absolute Gasteiger partial charge is 0.464 e. The average molecular weight is 1040 g/mol. The minimum atomic E-state index is -2.83.